The van der Waals surface area contributed by atoms with Crippen LogP contribution in [-0.2, 0) is 4.79 Å². The van der Waals surface area contributed by atoms with Crippen molar-refractivity contribution in [3.63, 3.8) is 0 Å². The Morgan fingerprint density at radius 3 is 3.00 bits per heavy atom. The van der Waals surface area contributed by atoms with E-state index >= 15 is 0 Å². The lowest BCUT2D eigenvalue weighted by atomic mass is 10.4. The van der Waals surface area contributed by atoms with Crippen LogP contribution in [0.15, 0.2) is 11.9 Å². The Hall–Kier alpha value is -1.19. The molecule has 4 heteroatoms. The zero-order chi connectivity index (χ0) is 6.85. The van der Waals surface area contributed by atoms with Crippen molar-refractivity contribution in [2.24, 2.45) is 5.73 Å². The molecule has 3 N–H and O–H groups in total. The third-order valence-electron chi connectivity index (χ3n) is 1.18. The predicted molar refractivity (Wildman–Crippen MR) is 33.0 cm³/mol. The van der Waals surface area contributed by atoms with Gasteiger partial charge in [0.1, 0.15) is 5.82 Å². The molecule has 1 amide bonds. The molecule has 0 atom stereocenters. The Morgan fingerprint density at radius 2 is 2.56 bits per heavy atom. The van der Waals surface area contributed by atoms with E-state index in [-0.39, 0.29) is 5.91 Å². The maximum absolute atomic E-state index is 10.7. The zero-order valence-corrected chi connectivity index (χ0v) is 5.22. The Balaban J connectivity index is 2.70. The van der Waals surface area contributed by atoms with Crippen LogP contribution in [0.2, 0.25) is 0 Å². The lowest BCUT2D eigenvalue weighted by Crippen LogP contribution is -2.41. The molecule has 0 aromatic carbocycles. The number of likely N-dealkylation sites (N-methyl/N-ethyl adjacent to an activating group) is 1. The van der Waals surface area contributed by atoms with Crippen LogP contribution in [0.4, 0.5) is 0 Å². The number of nitrogens with zero attached hydrogens (tertiary/aromatic N) is 1. The van der Waals surface area contributed by atoms with Crippen molar-refractivity contribution < 1.29 is 4.79 Å². The van der Waals surface area contributed by atoms with Crippen molar-refractivity contribution in [2.45, 2.75) is 0 Å². The van der Waals surface area contributed by atoms with Crippen molar-refractivity contribution in [3.8, 4) is 0 Å². The molecule has 0 spiro atoms. The van der Waals surface area contributed by atoms with Gasteiger partial charge < -0.3 is 16.0 Å². The molecular weight excluding hydrogens is 118 g/mol. The summed E-state index contributed by atoms with van der Waals surface area (Å²) in [7, 11) is 1.71. The number of carbonyl (C=O) groups excluding carboxylic acids is 1. The van der Waals surface area contributed by atoms with Gasteiger partial charge in [0.2, 0.25) is 0 Å². The van der Waals surface area contributed by atoms with Crippen LogP contribution in [0.1, 0.15) is 0 Å². The van der Waals surface area contributed by atoms with Gasteiger partial charge in [-0.25, -0.2) is 0 Å². The summed E-state index contributed by atoms with van der Waals surface area (Å²) in [6, 6.07) is 0. The highest BCUT2D eigenvalue weighted by Gasteiger charge is 2.10. The molecule has 0 fully saturated rings. The van der Waals surface area contributed by atoms with Gasteiger partial charge in [-0.15, -0.1) is 0 Å². The van der Waals surface area contributed by atoms with E-state index in [4.69, 9.17) is 5.73 Å². The van der Waals surface area contributed by atoms with Crippen LogP contribution in [0.3, 0.4) is 0 Å². The summed E-state index contributed by atoms with van der Waals surface area (Å²) in [6.45, 7) is 0.501. The summed E-state index contributed by atoms with van der Waals surface area (Å²) in [5.74, 6) is 0.393. The van der Waals surface area contributed by atoms with Crippen LogP contribution in [-0.4, -0.2) is 24.5 Å². The Labute approximate surface area is 53.3 Å². The summed E-state index contributed by atoms with van der Waals surface area (Å²) >= 11 is 0. The highest BCUT2D eigenvalue weighted by atomic mass is 16.2. The van der Waals surface area contributed by atoms with Gasteiger partial charge in [-0.1, -0.05) is 0 Å². The first kappa shape index (κ1) is 5.94. The maximum Gasteiger partial charge on any atom is 0.251 e. The van der Waals surface area contributed by atoms with Gasteiger partial charge in [-0.3, -0.25) is 4.79 Å². The number of rotatable bonds is 0. The minimum absolute atomic E-state index is 0.0498. The van der Waals surface area contributed by atoms with E-state index in [0.29, 0.717) is 12.5 Å². The van der Waals surface area contributed by atoms with Crippen LogP contribution in [0, 0.1) is 0 Å². The molecule has 1 rings (SSSR count). The number of nitrogens with two attached hydrogens (primary N) is 1. The third-order valence-corrected chi connectivity index (χ3v) is 1.18. The summed E-state index contributed by atoms with van der Waals surface area (Å²) < 4.78 is 0. The van der Waals surface area contributed by atoms with Gasteiger partial charge >= 0.3 is 0 Å². The number of carbonyl (C=O) groups is 1. The van der Waals surface area contributed by atoms with Crippen molar-refractivity contribution in [1.29, 1.82) is 0 Å². The third kappa shape index (κ3) is 1.13. The second-order valence-electron chi connectivity index (χ2n) is 1.97. The minimum Gasteiger partial charge on any atom is -0.385 e. The highest BCUT2D eigenvalue weighted by Crippen LogP contribution is 1.92. The first-order valence-corrected chi connectivity index (χ1v) is 2.66. The molecule has 1 aliphatic heterocycles. The van der Waals surface area contributed by atoms with Crippen molar-refractivity contribution >= 4 is 5.91 Å². The molecule has 0 aliphatic carbocycles. The van der Waals surface area contributed by atoms with Crippen LogP contribution >= 0.6 is 0 Å². The number of nitrogens with one attached hydrogen (secondary N) is 1. The molecule has 9 heavy (non-hydrogen) atoms. The smallest absolute Gasteiger partial charge is 0.251 e. The zero-order valence-electron chi connectivity index (χ0n) is 5.22. The van der Waals surface area contributed by atoms with Crippen molar-refractivity contribution in [2.75, 3.05) is 13.7 Å². The number of amides is 1. The Bertz CT molecular complexity index is 164. The normalized spacial score (nSPS) is 19.0. The molecule has 0 radical (unpaired) electrons. The topological polar surface area (TPSA) is 58.4 Å². The molecule has 1 heterocycles. The molecule has 50 valence electrons. The standard InChI is InChI=1S/C5H9N3O/c1-8-3-7-4(6)2-5(8)9/h2,7H,3,6H2,1H3. The largest absolute Gasteiger partial charge is 0.385 e. The monoisotopic (exact) mass is 127 g/mol. The van der Waals surface area contributed by atoms with Gasteiger partial charge in [-0.05, 0) is 0 Å². The summed E-state index contributed by atoms with van der Waals surface area (Å²) in [6.07, 6.45) is 1.36. The highest BCUT2D eigenvalue weighted by molar-refractivity contribution is 5.88. The molecular formula is C5H9N3O. The molecule has 0 saturated carbocycles. The van der Waals surface area contributed by atoms with Crippen molar-refractivity contribution in [1.82, 2.24) is 10.2 Å². The molecule has 0 aromatic rings. The SMILES string of the molecule is CN1CNC(N)=CC1=O. The fourth-order valence-corrected chi connectivity index (χ4v) is 0.582. The van der Waals surface area contributed by atoms with E-state index in [1.165, 1.54) is 11.0 Å². The van der Waals surface area contributed by atoms with Gasteiger partial charge in [0.25, 0.3) is 5.91 Å². The quantitative estimate of drug-likeness (QED) is 0.430. The van der Waals surface area contributed by atoms with E-state index in [9.17, 15) is 4.79 Å². The van der Waals surface area contributed by atoms with Crippen LogP contribution in [0.5, 0.6) is 0 Å². The summed E-state index contributed by atoms with van der Waals surface area (Å²) in [5, 5.41) is 2.81. The van der Waals surface area contributed by atoms with E-state index in [1.54, 1.807) is 7.05 Å². The Kier molecular flexibility index (Phi) is 1.30. The maximum atomic E-state index is 10.7. The summed E-state index contributed by atoms with van der Waals surface area (Å²) in [5.41, 5.74) is 5.29. The minimum atomic E-state index is -0.0498. The van der Waals surface area contributed by atoms with Crippen LogP contribution in [0.25, 0.3) is 0 Å². The van der Waals surface area contributed by atoms with Crippen LogP contribution < -0.4 is 11.1 Å². The van der Waals surface area contributed by atoms with Gasteiger partial charge in [-0.2, -0.15) is 0 Å². The van der Waals surface area contributed by atoms with E-state index in [1.807, 2.05) is 0 Å². The average Bonchev–Trinajstić information content (AvgIpc) is 1.80. The molecule has 0 aromatic heterocycles. The Morgan fingerprint density at radius 1 is 1.89 bits per heavy atom. The molecule has 1 aliphatic rings. The van der Waals surface area contributed by atoms with Gasteiger partial charge in [0.05, 0.1) is 6.67 Å². The lowest BCUT2D eigenvalue weighted by Gasteiger charge is -2.21. The summed E-state index contributed by atoms with van der Waals surface area (Å²) in [4.78, 5) is 12.3. The number of hydrogen-bond donors (Lipinski definition) is 2. The average molecular weight is 127 g/mol. The second-order valence-corrected chi connectivity index (χ2v) is 1.97. The molecule has 0 unspecified atom stereocenters. The fourth-order valence-electron chi connectivity index (χ4n) is 0.582. The first-order valence-electron chi connectivity index (χ1n) is 2.66. The molecule has 0 saturated heterocycles. The fraction of sp³-hybridized carbons (Fsp3) is 0.400. The van der Waals surface area contributed by atoms with E-state index in [2.05, 4.69) is 5.32 Å². The van der Waals surface area contributed by atoms with E-state index in [0.717, 1.165) is 0 Å². The molecule has 0 bridgehead atoms. The number of hydrogen-bond acceptors (Lipinski definition) is 3. The second kappa shape index (κ2) is 1.97. The lowest BCUT2D eigenvalue weighted by molar-refractivity contribution is -0.125. The van der Waals surface area contributed by atoms with Gasteiger partial charge in [0, 0.05) is 13.1 Å². The van der Waals surface area contributed by atoms with Crippen molar-refractivity contribution in [3.05, 3.63) is 11.9 Å². The molecule has 4 nitrogen and oxygen atoms in total. The predicted octanol–water partition coefficient (Wildman–Crippen LogP) is -1.19. The first-order chi connectivity index (χ1) is 4.20. The van der Waals surface area contributed by atoms with Gasteiger partial charge in [0.15, 0.2) is 0 Å². The van der Waals surface area contributed by atoms with E-state index < -0.39 is 0 Å².